The number of carbonyl (C=O) groups excluding carboxylic acids is 1. The van der Waals surface area contributed by atoms with Crippen LogP contribution < -0.4 is 5.32 Å². The monoisotopic (exact) mass is 418 g/mol. The van der Waals surface area contributed by atoms with E-state index < -0.39 is 0 Å². The quantitative estimate of drug-likeness (QED) is 0.378. The maximum absolute atomic E-state index is 12.5. The van der Waals surface area contributed by atoms with Crippen molar-refractivity contribution in [2.24, 2.45) is 0 Å². The summed E-state index contributed by atoms with van der Waals surface area (Å²) in [5.74, 6) is -0.386. The zero-order valence-electron chi connectivity index (χ0n) is 15.8. The maximum atomic E-state index is 12.5. The minimum atomic E-state index is -0.386. The molecule has 0 radical (unpaired) electrons. The topological polar surface area (TPSA) is 52.9 Å². The van der Waals surface area contributed by atoms with Crippen LogP contribution in [-0.4, -0.2) is 5.91 Å². The average Bonchev–Trinajstić information content (AvgIpc) is 2.75. The Morgan fingerprint density at radius 1 is 1.00 bits per heavy atom. The standard InChI is InChI=1S/C24H19ClN2OS/c1-17(19-5-3-2-4-6-19)27-24(28)20(16-26)15-18-7-11-22(12-8-18)29-23-13-9-21(25)10-14-23/h2-15,17H,1H3,(H,27,28)/b20-15-/t17-/m1/s1. The first-order valence-corrected chi connectivity index (χ1v) is 10.3. The molecule has 1 amide bonds. The van der Waals surface area contributed by atoms with Crippen molar-refractivity contribution in [3.63, 3.8) is 0 Å². The molecule has 0 unspecified atom stereocenters. The molecule has 0 saturated heterocycles. The summed E-state index contributed by atoms with van der Waals surface area (Å²) in [6, 6.07) is 26.8. The van der Waals surface area contributed by atoms with E-state index >= 15 is 0 Å². The van der Waals surface area contributed by atoms with Crippen molar-refractivity contribution in [1.29, 1.82) is 5.26 Å². The van der Waals surface area contributed by atoms with E-state index in [-0.39, 0.29) is 17.5 Å². The van der Waals surface area contributed by atoms with Gasteiger partial charge in [-0.3, -0.25) is 4.79 Å². The van der Waals surface area contributed by atoms with Crippen LogP contribution in [0.5, 0.6) is 0 Å². The Morgan fingerprint density at radius 3 is 2.17 bits per heavy atom. The van der Waals surface area contributed by atoms with Gasteiger partial charge in [0, 0.05) is 14.8 Å². The number of hydrogen-bond donors (Lipinski definition) is 1. The zero-order chi connectivity index (χ0) is 20.6. The van der Waals surface area contributed by atoms with Crippen LogP contribution in [0.1, 0.15) is 24.1 Å². The normalized spacial score (nSPS) is 12.1. The molecule has 0 aliphatic heterocycles. The molecule has 3 aromatic rings. The van der Waals surface area contributed by atoms with Crippen molar-refractivity contribution in [3.05, 3.63) is 101 Å². The first-order chi connectivity index (χ1) is 14.0. The second kappa shape index (κ2) is 9.97. The van der Waals surface area contributed by atoms with Gasteiger partial charge in [-0.1, -0.05) is 65.8 Å². The summed E-state index contributed by atoms with van der Waals surface area (Å²) >= 11 is 7.53. The molecule has 3 aromatic carbocycles. The number of rotatable bonds is 6. The summed E-state index contributed by atoms with van der Waals surface area (Å²) in [4.78, 5) is 14.6. The number of benzene rings is 3. The summed E-state index contributed by atoms with van der Waals surface area (Å²) in [5, 5.41) is 13.0. The van der Waals surface area contributed by atoms with E-state index in [1.807, 2.05) is 91.9 Å². The molecular formula is C24H19ClN2OS. The number of carbonyl (C=O) groups is 1. The number of hydrogen-bond acceptors (Lipinski definition) is 3. The molecule has 0 aliphatic carbocycles. The van der Waals surface area contributed by atoms with Crippen molar-refractivity contribution in [2.75, 3.05) is 0 Å². The summed E-state index contributed by atoms with van der Waals surface area (Å²) < 4.78 is 0. The molecule has 5 heteroatoms. The molecule has 0 aliphatic rings. The van der Waals surface area contributed by atoms with Crippen LogP contribution in [0.15, 0.2) is 94.2 Å². The Bertz CT molecular complexity index is 1040. The highest BCUT2D eigenvalue weighted by Crippen LogP contribution is 2.29. The molecule has 3 nitrogen and oxygen atoms in total. The Morgan fingerprint density at radius 2 is 1.59 bits per heavy atom. The third kappa shape index (κ3) is 5.99. The number of halogens is 1. The van der Waals surface area contributed by atoms with Crippen molar-refractivity contribution in [1.82, 2.24) is 5.32 Å². The van der Waals surface area contributed by atoms with Gasteiger partial charge in [0.25, 0.3) is 5.91 Å². The molecule has 0 heterocycles. The van der Waals surface area contributed by atoms with E-state index in [4.69, 9.17) is 11.6 Å². The predicted octanol–water partition coefficient (Wildman–Crippen LogP) is 6.28. The number of nitrogens with zero attached hydrogens (tertiary/aromatic N) is 1. The van der Waals surface area contributed by atoms with Gasteiger partial charge < -0.3 is 5.32 Å². The van der Waals surface area contributed by atoms with Gasteiger partial charge in [-0.05, 0) is 60.5 Å². The second-order valence-electron chi connectivity index (χ2n) is 6.40. The average molecular weight is 419 g/mol. The van der Waals surface area contributed by atoms with Crippen LogP contribution in [0.25, 0.3) is 6.08 Å². The van der Waals surface area contributed by atoms with Gasteiger partial charge in [-0.25, -0.2) is 0 Å². The Hall–Kier alpha value is -3.00. The SMILES string of the molecule is C[C@@H](NC(=O)/C(C#N)=C\c1ccc(Sc2ccc(Cl)cc2)cc1)c1ccccc1. The van der Waals surface area contributed by atoms with Crippen molar-refractivity contribution in [3.8, 4) is 6.07 Å². The number of amides is 1. The third-order valence-electron chi connectivity index (χ3n) is 4.25. The van der Waals surface area contributed by atoms with Crippen molar-refractivity contribution < 1.29 is 4.79 Å². The molecule has 0 aromatic heterocycles. The number of nitrogens with one attached hydrogen (secondary N) is 1. The third-order valence-corrected chi connectivity index (χ3v) is 5.52. The van der Waals surface area contributed by atoms with Crippen LogP contribution in [-0.2, 0) is 4.79 Å². The minimum absolute atomic E-state index is 0.0749. The smallest absolute Gasteiger partial charge is 0.262 e. The van der Waals surface area contributed by atoms with E-state index in [1.165, 1.54) is 0 Å². The lowest BCUT2D eigenvalue weighted by molar-refractivity contribution is -0.117. The lowest BCUT2D eigenvalue weighted by atomic mass is 10.1. The molecule has 29 heavy (non-hydrogen) atoms. The van der Waals surface area contributed by atoms with Crippen molar-refractivity contribution in [2.45, 2.75) is 22.8 Å². The van der Waals surface area contributed by atoms with Gasteiger partial charge in [0.1, 0.15) is 11.6 Å². The molecule has 144 valence electrons. The molecular weight excluding hydrogens is 400 g/mol. The number of nitriles is 1. The first-order valence-electron chi connectivity index (χ1n) is 9.06. The summed E-state index contributed by atoms with van der Waals surface area (Å²) in [6.07, 6.45) is 1.60. The Labute approximate surface area is 180 Å². The van der Waals surface area contributed by atoms with E-state index in [0.717, 1.165) is 20.9 Å². The van der Waals surface area contributed by atoms with E-state index in [1.54, 1.807) is 17.8 Å². The fourth-order valence-electron chi connectivity index (χ4n) is 2.69. The van der Waals surface area contributed by atoms with E-state index in [0.29, 0.717) is 5.02 Å². The molecule has 1 atom stereocenters. The van der Waals surface area contributed by atoms with Crippen LogP contribution in [0, 0.1) is 11.3 Å². The largest absolute Gasteiger partial charge is 0.345 e. The molecule has 0 bridgehead atoms. The van der Waals surface area contributed by atoms with E-state index in [2.05, 4.69) is 5.32 Å². The van der Waals surface area contributed by atoms with Gasteiger partial charge >= 0.3 is 0 Å². The molecule has 1 N–H and O–H groups in total. The van der Waals surface area contributed by atoms with Crippen molar-refractivity contribution >= 4 is 35.3 Å². The lowest BCUT2D eigenvalue weighted by Gasteiger charge is -2.13. The second-order valence-corrected chi connectivity index (χ2v) is 7.98. The Kier molecular flexibility index (Phi) is 7.13. The predicted molar refractivity (Wildman–Crippen MR) is 119 cm³/mol. The van der Waals surface area contributed by atoms with Gasteiger partial charge in [-0.15, -0.1) is 0 Å². The minimum Gasteiger partial charge on any atom is -0.345 e. The van der Waals surface area contributed by atoms with Crippen LogP contribution in [0.2, 0.25) is 5.02 Å². The highest BCUT2D eigenvalue weighted by molar-refractivity contribution is 7.99. The highest BCUT2D eigenvalue weighted by atomic mass is 35.5. The Balaban J connectivity index is 1.67. The van der Waals surface area contributed by atoms with Crippen LogP contribution >= 0.6 is 23.4 Å². The van der Waals surface area contributed by atoms with Crippen LogP contribution in [0.3, 0.4) is 0 Å². The highest BCUT2D eigenvalue weighted by Gasteiger charge is 2.13. The van der Waals surface area contributed by atoms with Crippen LogP contribution in [0.4, 0.5) is 0 Å². The fourth-order valence-corrected chi connectivity index (χ4v) is 3.63. The molecule has 0 fully saturated rings. The summed E-state index contributed by atoms with van der Waals surface area (Å²) in [7, 11) is 0. The van der Waals surface area contributed by atoms with Gasteiger partial charge in [0.2, 0.25) is 0 Å². The molecule has 0 saturated carbocycles. The first kappa shape index (κ1) is 20.7. The van der Waals surface area contributed by atoms with Gasteiger partial charge in [0.15, 0.2) is 0 Å². The molecule has 3 rings (SSSR count). The molecule has 0 spiro atoms. The van der Waals surface area contributed by atoms with Gasteiger partial charge in [-0.2, -0.15) is 5.26 Å². The fraction of sp³-hybridized carbons (Fsp3) is 0.0833. The summed E-state index contributed by atoms with van der Waals surface area (Å²) in [6.45, 7) is 1.89. The van der Waals surface area contributed by atoms with E-state index in [9.17, 15) is 10.1 Å². The zero-order valence-corrected chi connectivity index (χ0v) is 17.4. The summed E-state index contributed by atoms with van der Waals surface area (Å²) in [5.41, 5.74) is 1.86. The lowest BCUT2D eigenvalue weighted by Crippen LogP contribution is -2.27. The van der Waals surface area contributed by atoms with Gasteiger partial charge in [0.05, 0.1) is 6.04 Å². The maximum Gasteiger partial charge on any atom is 0.262 e.